The lowest BCUT2D eigenvalue weighted by atomic mass is 10.1. The second-order valence-corrected chi connectivity index (χ2v) is 4.00. The first-order valence-electron chi connectivity index (χ1n) is 5.96. The molecule has 0 radical (unpaired) electrons. The maximum atomic E-state index is 12.1. The van der Waals surface area contributed by atoms with Crippen molar-refractivity contribution in [3.05, 3.63) is 36.0 Å². The maximum Gasteiger partial charge on any atom is 0.253 e. The Morgan fingerprint density at radius 2 is 2.21 bits per heavy atom. The van der Waals surface area contributed by atoms with Crippen LogP contribution in [0.2, 0.25) is 0 Å². The minimum Gasteiger partial charge on any atom is -0.497 e. The number of ether oxygens (including phenoxy) is 2. The third-order valence-corrected chi connectivity index (χ3v) is 2.75. The average molecular weight is 260 g/mol. The van der Waals surface area contributed by atoms with Crippen LogP contribution < -0.4 is 10.1 Å². The van der Waals surface area contributed by atoms with Gasteiger partial charge in [0.25, 0.3) is 5.91 Å². The molecule has 0 saturated carbocycles. The molecule has 1 N–H and O–H groups in total. The number of carbonyl (C=O) groups is 1. The fraction of sp³-hybridized carbons (Fsp3) is 0.286. The van der Waals surface area contributed by atoms with Crippen molar-refractivity contribution >= 4 is 16.8 Å². The molecule has 0 aliphatic heterocycles. The number of nitrogens with zero attached hydrogens (tertiary/aromatic N) is 1. The fourth-order valence-electron chi connectivity index (χ4n) is 1.82. The van der Waals surface area contributed by atoms with Gasteiger partial charge >= 0.3 is 0 Å². The van der Waals surface area contributed by atoms with Crippen LogP contribution in [0.1, 0.15) is 10.4 Å². The van der Waals surface area contributed by atoms with E-state index in [9.17, 15) is 4.79 Å². The number of hydrogen-bond acceptors (Lipinski definition) is 4. The van der Waals surface area contributed by atoms with Crippen LogP contribution in [0.4, 0.5) is 0 Å². The Labute approximate surface area is 111 Å². The van der Waals surface area contributed by atoms with E-state index in [1.807, 2.05) is 18.2 Å². The Bertz CT molecular complexity index is 584. The van der Waals surface area contributed by atoms with E-state index in [1.54, 1.807) is 26.5 Å². The molecular weight excluding hydrogens is 244 g/mol. The molecule has 1 aromatic carbocycles. The zero-order valence-electron chi connectivity index (χ0n) is 11.0. The van der Waals surface area contributed by atoms with E-state index in [1.165, 1.54) is 0 Å². The molecule has 5 heteroatoms. The van der Waals surface area contributed by atoms with Gasteiger partial charge in [-0.3, -0.25) is 9.78 Å². The summed E-state index contributed by atoms with van der Waals surface area (Å²) in [6.45, 7) is 0.932. The number of aromatic nitrogens is 1. The second-order valence-electron chi connectivity index (χ2n) is 4.00. The minimum absolute atomic E-state index is 0.181. The predicted molar refractivity (Wildman–Crippen MR) is 72.5 cm³/mol. The molecule has 2 rings (SSSR count). The highest BCUT2D eigenvalue weighted by Gasteiger charge is 2.12. The highest BCUT2D eigenvalue weighted by molar-refractivity contribution is 6.06. The van der Waals surface area contributed by atoms with Crippen LogP contribution in [0.25, 0.3) is 10.9 Å². The molecule has 2 aromatic rings. The summed E-state index contributed by atoms with van der Waals surface area (Å²) in [6.07, 6.45) is 1.67. The number of rotatable bonds is 5. The summed E-state index contributed by atoms with van der Waals surface area (Å²) < 4.78 is 10.1. The molecule has 1 aromatic heterocycles. The third-order valence-electron chi connectivity index (χ3n) is 2.75. The van der Waals surface area contributed by atoms with Crippen molar-refractivity contribution in [2.45, 2.75) is 0 Å². The average Bonchev–Trinajstić information content (AvgIpc) is 2.46. The Kier molecular flexibility index (Phi) is 4.30. The Hall–Kier alpha value is -2.14. The van der Waals surface area contributed by atoms with Crippen molar-refractivity contribution in [3.8, 4) is 5.75 Å². The highest BCUT2D eigenvalue weighted by atomic mass is 16.5. The van der Waals surface area contributed by atoms with Gasteiger partial charge in [0.05, 0.1) is 24.8 Å². The van der Waals surface area contributed by atoms with Crippen LogP contribution in [-0.4, -0.2) is 38.3 Å². The molecule has 0 atom stereocenters. The molecule has 0 spiro atoms. The largest absolute Gasteiger partial charge is 0.497 e. The van der Waals surface area contributed by atoms with Gasteiger partial charge in [-0.2, -0.15) is 0 Å². The molecule has 19 heavy (non-hydrogen) atoms. The molecule has 0 aliphatic rings. The topological polar surface area (TPSA) is 60.5 Å². The number of methoxy groups -OCH3 is 2. The van der Waals surface area contributed by atoms with Gasteiger partial charge < -0.3 is 14.8 Å². The Balaban J connectivity index is 2.37. The van der Waals surface area contributed by atoms with E-state index in [4.69, 9.17) is 9.47 Å². The summed E-state index contributed by atoms with van der Waals surface area (Å²) >= 11 is 0. The lowest BCUT2D eigenvalue weighted by Gasteiger charge is -2.09. The zero-order chi connectivity index (χ0) is 13.7. The van der Waals surface area contributed by atoms with Crippen molar-refractivity contribution in [1.82, 2.24) is 10.3 Å². The van der Waals surface area contributed by atoms with Gasteiger partial charge in [0, 0.05) is 25.2 Å². The monoisotopic (exact) mass is 260 g/mol. The summed E-state index contributed by atoms with van der Waals surface area (Å²) in [6, 6.07) is 7.27. The van der Waals surface area contributed by atoms with Gasteiger partial charge in [-0.1, -0.05) is 6.07 Å². The first-order valence-corrected chi connectivity index (χ1v) is 5.96. The number of pyridine rings is 1. The minimum atomic E-state index is -0.181. The van der Waals surface area contributed by atoms with Crippen LogP contribution in [0, 0.1) is 0 Å². The Morgan fingerprint density at radius 1 is 1.37 bits per heavy atom. The summed E-state index contributed by atoms with van der Waals surface area (Å²) in [5.74, 6) is 0.456. The van der Waals surface area contributed by atoms with Gasteiger partial charge in [0.15, 0.2) is 0 Å². The quantitative estimate of drug-likeness (QED) is 0.830. The number of hydrogen-bond donors (Lipinski definition) is 1. The smallest absolute Gasteiger partial charge is 0.253 e. The number of benzene rings is 1. The van der Waals surface area contributed by atoms with Crippen molar-refractivity contribution < 1.29 is 14.3 Å². The van der Waals surface area contributed by atoms with Crippen LogP contribution in [-0.2, 0) is 4.74 Å². The van der Waals surface area contributed by atoms with Crippen LogP contribution in [0.15, 0.2) is 30.5 Å². The number of fused-ring (bicyclic) bond motifs is 1. The van der Waals surface area contributed by atoms with E-state index < -0.39 is 0 Å². The zero-order valence-corrected chi connectivity index (χ0v) is 11.0. The molecule has 5 nitrogen and oxygen atoms in total. The lowest BCUT2D eigenvalue weighted by Crippen LogP contribution is -2.27. The summed E-state index contributed by atoms with van der Waals surface area (Å²) in [7, 11) is 3.17. The van der Waals surface area contributed by atoms with Gasteiger partial charge in [0.2, 0.25) is 0 Å². The summed E-state index contributed by atoms with van der Waals surface area (Å²) in [4.78, 5) is 16.4. The summed E-state index contributed by atoms with van der Waals surface area (Å²) in [5, 5.41) is 3.66. The lowest BCUT2D eigenvalue weighted by molar-refractivity contribution is 0.0938. The molecule has 1 amide bonds. The SMILES string of the molecule is COCCNC(=O)c1cc(OC)cc2cccnc12. The molecule has 0 bridgehead atoms. The fourth-order valence-corrected chi connectivity index (χ4v) is 1.82. The normalized spacial score (nSPS) is 10.4. The van der Waals surface area contributed by atoms with Gasteiger partial charge in [0.1, 0.15) is 5.75 Å². The van der Waals surface area contributed by atoms with E-state index in [0.717, 1.165) is 5.39 Å². The van der Waals surface area contributed by atoms with Crippen LogP contribution >= 0.6 is 0 Å². The van der Waals surface area contributed by atoms with E-state index in [-0.39, 0.29) is 5.91 Å². The van der Waals surface area contributed by atoms with Gasteiger partial charge in [-0.15, -0.1) is 0 Å². The molecule has 1 heterocycles. The molecule has 0 unspecified atom stereocenters. The van der Waals surface area contributed by atoms with Crippen molar-refractivity contribution in [2.24, 2.45) is 0 Å². The van der Waals surface area contributed by atoms with E-state index in [0.29, 0.717) is 30.0 Å². The molecule has 100 valence electrons. The van der Waals surface area contributed by atoms with Crippen LogP contribution in [0.5, 0.6) is 5.75 Å². The predicted octanol–water partition coefficient (Wildman–Crippen LogP) is 1.62. The maximum absolute atomic E-state index is 12.1. The van der Waals surface area contributed by atoms with E-state index in [2.05, 4.69) is 10.3 Å². The standard InChI is InChI=1S/C14H16N2O3/c1-18-7-6-16-14(17)12-9-11(19-2)8-10-4-3-5-15-13(10)12/h3-5,8-9H,6-7H2,1-2H3,(H,16,17). The number of carbonyl (C=O) groups excluding carboxylic acids is 1. The molecule has 0 aliphatic carbocycles. The summed E-state index contributed by atoms with van der Waals surface area (Å²) in [5.41, 5.74) is 1.17. The molecule has 0 fully saturated rings. The molecule has 0 saturated heterocycles. The van der Waals surface area contributed by atoms with Gasteiger partial charge in [-0.05, 0) is 18.2 Å². The second kappa shape index (κ2) is 6.15. The van der Waals surface area contributed by atoms with Gasteiger partial charge in [-0.25, -0.2) is 0 Å². The first kappa shape index (κ1) is 13.3. The number of nitrogens with one attached hydrogen (secondary N) is 1. The van der Waals surface area contributed by atoms with Crippen molar-refractivity contribution in [3.63, 3.8) is 0 Å². The van der Waals surface area contributed by atoms with Crippen molar-refractivity contribution in [2.75, 3.05) is 27.4 Å². The van der Waals surface area contributed by atoms with E-state index >= 15 is 0 Å². The third kappa shape index (κ3) is 3.00. The Morgan fingerprint density at radius 3 is 2.95 bits per heavy atom. The highest BCUT2D eigenvalue weighted by Crippen LogP contribution is 2.23. The number of amides is 1. The first-order chi connectivity index (χ1) is 9.26. The molecular formula is C14H16N2O3. The van der Waals surface area contributed by atoms with Crippen molar-refractivity contribution in [1.29, 1.82) is 0 Å². The van der Waals surface area contributed by atoms with Crippen LogP contribution in [0.3, 0.4) is 0 Å².